The van der Waals surface area contributed by atoms with Crippen LogP contribution in [0.5, 0.6) is 0 Å². The number of unbranched alkanes of at least 4 members (excludes halogenated alkanes) is 3. The third-order valence-electron chi connectivity index (χ3n) is 2.49. The highest BCUT2D eigenvalue weighted by atomic mass is 16.1. The van der Waals surface area contributed by atoms with E-state index in [9.17, 15) is 4.79 Å². The van der Waals surface area contributed by atoms with E-state index in [0.29, 0.717) is 12.1 Å². The van der Waals surface area contributed by atoms with Gasteiger partial charge in [-0.15, -0.1) is 0 Å². The third kappa shape index (κ3) is 4.02. The number of hydrogen-bond acceptors (Lipinski definition) is 3. The van der Waals surface area contributed by atoms with Gasteiger partial charge >= 0.3 is 0 Å². The minimum Gasteiger partial charge on any atom is -0.352 e. The van der Waals surface area contributed by atoms with Gasteiger partial charge in [0.05, 0.1) is 11.8 Å². The first kappa shape index (κ1) is 12.7. The first-order valence-electron chi connectivity index (χ1n) is 5.74. The second-order valence-electron chi connectivity index (χ2n) is 3.87. The lowest BCUT2D eigenvalue weighted by molar-refractivity contribution is 0.0952. The van der Waals surface area contributed by atoms with Gasteiger partial charge in [-0.1, -0.05) is 12.8 Å². The van der Waals surface area contributed by atoms with Gasteiger partial charge in [-0.05, 0) is 26.3 Å². The number of nitrogens with two attached hydrogens (primary N) is 1. The number of aryl methyl sites for hydroxylation is 1. The molecule has 0 radical (unpaired) electrons. The Morgan fingerprint density at radius 1 is 1.44 bits per heavy atom. The van der Waals surface area contributed by atoms with E-state index in [1.807, 2.05) is 6.92 Å². The number of carbonyl (C=O) groups is 1. The molecule has 0 atom stereocenters. The van der Waals surface area contributed by atoms with Crippen LogP contribution in [0.25, 0.3) is 0 Å². The normalized spacial score (nSPS) is 10.4. The van der Waals surface area contributed by atoms with E-state index in [4.69, 9.17) is 5.73 Å². The summed E-state index contributed by atoms with van der Waals surface area (Å²) in [6, 6.07) is 0. The number of nitrogens with one attached hydrogen (secondary N) is 2. The number of hydrogen-bond donors (Lipinski definition) is 3. The number of H-pyrrole nitrogens is 1. The zero-order chi connectivity index (χ0) is 11.8. The summed E-state index contributed by atoms with van der Waals surface area (Å²) < 4.78 is 0. The lowest BCUT2D eigenvalue weighted by atomic mass is 10.2. The van der Waals surface area contributed by atoms with E-state index in [-0.39, 0.29) is 5.91 Å². The minimum atomic E-state index is -0.0509. The van der Waals surface area contributed by atoms with Gasteiger partial charge in [-0.3, -0.25) is 9.89 Å². The fourth-order valence-corrected chi connectivity index (χ4v) is 1.50. The van der Waals surface area contributed by atoms with E-state index in [1.165, 1.54) is 0 Å². The average molecular weight is 224 g/mol. The Kier molecular flexibility index (Phi) is 5.56. The summed E-state index contributed by atoms with van der Waals surface area (Å²) in [6.07, 6.45) is 5.87. The first-order valence-corrected chi connectivity index (χ1v) is 5.74. The van der Waals surface area contributed by atoms with Crippen LogP contribution in [0.2, 0.25) is 0 Å². The molecule has 0 saturated carbocycles. The van der Waals surface area contributed by atoms with Crippen molar-refractivity contribution in [3.63, 3.8) is 0 Å². The molecule has 1 rings (SSSR count). The number of carbonyl (C=O) groups excluding carboxylic acids is 1. The summed E-state index contributed by atoms with van der Waals surface area (Å²) >= 11 is 0. The summed E-state index contributed by atoms with van der Waals surface area (Å²) in [6.45, 7) is 3.30. The molecule has 0 bridgehead atoms. The topological polar surface area (TPSA) is 83.8 Å². The quantitative estimate of drug-likeness (QED) is 0.603. The fraction of sp³-hybridized carbons (Fsp3) is 0.636. The molecular formula is C11H20N4O. The zero-order valence-corrected chi connectivity index (χ0v) is 9.75. The molecule has 1 heterocycles. The maximum atomic E-state index is 11.6. The number of rotatable bonds is 7. The van der Waals surface area contributed by atoms with Crippen molar-refractivity contribution in [1.29, 1.82) is 0 Å². The Hall–Kier alpha value is -1.36. The summed E-state index contributed by atoms with van der Waals surface area (Å²) in [5.74, 6) is -0.0509. The van der Waals surface area contributed by atoms with Crippen LogP contribution in [0.1, 0.15) is 41.7 Å². The van der Waals surface area contributed by atoms with E-state index in [2.05, 4.69) is 15.5 Å². The van der Waals surface area contributed by atoms with Crippen LogP contribution in [0.4, 0.5) is 0 Å². The van der Waals surface area contributed by atoms with E-state index < -0.39 is 0 Å². The number of aromatic nitrogens is 2. The van der Waals surface area contributed by atoms with Crippen molar-refractivity contribution in [2.75, 3.05) is 13.1 Å². The van der Waals surface area contributed by atoms with E-state index >= 15 is 0 Å². The first-order chi connectivity index (χ1) is 7.75. The van der Waals surface area contributed by atoms with Gasteiger partial charge in [0.25, 0.3) is 5.91 Å². The molecule has 16 heavy (non-hydrogen) atoms. The van der Waals surface area contributed by atoms with Gasteiger partial charge < -0.3 is 11.1 Å². The molecule has 0 spiro atoms. The largest absolute Gasteiger partial charge is 0.352 e. The van der Waals surface area contributed by atoms with Gasteiger partial charge in [-0.2, -0.15) is 5.10 Å². The molecule has 0 saturated heterocycles. The molecule has 0 aliphatic heterocycles. The highest BCUT2D eigenvalue weighted by molar-refractivity contribution is 5.94. The lowest BCUT2D eigenvalue weighted by Gasteiger charge is -2.03. The summed E-state index contributed by atoms with van der Waals surface area (Å²) in [4.78, 5) is 11.6. The Bertz CT molecular complexity index is 322. The fourth-order valence-electron chi connectivity index (χ4n) is 1.50. The summed E-state index contributed by atoms with van der Waals surface area (Å²) in [7, 11) is 0. The summed E-state index contributed by atoms with van der Waals surface area (Å²) in [5.41, 5.74) is 6.83. The van der Waals surface area contributed by atoms with Crippen molar-refractivity contribution in [3.8, 4) is 0 Å². The zero-order valence-electron chi connectivity index (χ0n) is 9.75. The number of nitrogens with zero attached hydrogens (tertiary/aromatic N) is 1. The second kappa shape index (κ2) is 7.00. The van der Waals surface area contributed by atoms with Crippen molar-refractivity contribution < 1.29 is 4.79 Å². The van der Waals surface area contributed by atoms with Gasteiger partial charge in [0.2, 0.25) is 0 Å². The minimum absolute atomic E-state index is 0.0509. The van der Waals surface area contributed by atoms with Crippen LogP contribution >= 0.6 is 0 Å². The molecular weight excluding hydrogens is 204 g/mol. The van der Waals surface area contributed by atoms with Gasteiger partial charge in [-0.25, -0.2) is 0 Å². The Morgan fingerprint density at radius 3 is 2.81 bits per heavy atom. The molecule has 5 nitrogen and oxygen atoms in total. The molecule has 5 heteroatoms. The summed E-state index contributed by atoms with van der Waals surface area (Å²) in [5, 5.41) is 9.43. The molecule has 0 fully saturated rings. The smallest absolute Gasteiger partial charge is 0.254 e. The van der Waals surface area contributed by atoms with Gasteiger partial charge in [0.15, 0.2) is 0 Å². The maximum Gasteiger partial charge on any atom is 0.254 e. The molecule has 0 aliphatic rings. The van der Waals surface area contributed by atoms with Crippen molar-refractivity contribution in [2.24, 2.45) is 5.73 Å². The standard InChI is InChI=1S/C11H20N4O/c1-9-10(8-14-15-9)11(16)13-7-5-3-2-4-6-12/h8H,2-7,12H2,1H3,(H,13,16)(H,14,15). The van der Waals surface area contributed by atoms with Crippen LogP contribution < -0.4 is 11.1 Å². The Balaban J connectivity index is 2.14. The Labute approximate surface area is 95.8 Å². The average Bonchev–Trinajstić information content (AvgIpc) is 2.69. The molecule has 4 N–H and O–H groups in total. The van der Waals surface area contributed by atoms with Crippen LogP contribution in [-0.4, -0.2) is 29.2 Å². The molecule has 90 valence electrons. The predicted octanol–water partition coefficient (Wildman–Crippen LogP) is 0.967. The SMILES string of the molecule is Cc1[nH]ncc1C(=O)NCCCCCCN. The molecule has 1 aromatic heterocycles. The third-order valence-corrected chi connectivity index (χ3v) is 2.49. The predicted molar refractivity (Wildman–Crippen MR) is 63.2 cm³/mol. The van der Waals surface area contributed by atoms with E-state index in [1.54, 1.807) is 6.20 Å². The number of amides is 1. The van der Waals surface area contributed by atoms with Gasteiger partial charge in [0, 0.05) is 12.2 Å². The van der Waals surface area contributed by atoms with Crippen LogP contribution in [0, 0.1) is 6.92 Å². The molecule has 0 aromatic carbocycles. The van der Waals surface area contributed by atoms with Crippen LogP contribution in [0.15, 0.2) is 6.20 Å². The van der Waals surface area contributed by atoms with E-state index in [0.717, 1.165) is 37.9 Å². The Morgan fingerprint density at radius 2 is 2.19 bits per heavy atom. The second-order valence-corrected chi connectivity index (χ2v) is 3.87. The molecule has 1 amide bonds. The van der Waals surface area contributed by atoms with Crippen molar-refractivity contribution >= 4 is 5.91 Å². The maximum absolute atomic E-state index is 11.6. The number of aromatic amines is 1. The highest BCUT2D eigenvalue weighted by Gasteiger charge is 2.09. The van der Waals surface area contributed by atoms with Crippen LogP contribution in [0.3, 0.4) is 0 Å². The van der Waals surface area contributed by atoms with Crippen molar-refractivity contribution in [3.05, 3.63) is 17.5 Å². The monoisotopic (exact) mass is 224 g/mol. The van der Waals surface area contributed by atoms with Crippen molar-refractivity contribution in [2.45, 2.75) is 32.6 Å². The lowest BCUT2D eigenvalue weighted by Crippen LogP contribution is -2.24. The highest BCUT2D eigenvalue weighted by Crippen LogP contribution is 2.02. The van der Waals surface area contributed by atoms with Gasteiger partial charge in [0.1, 0.15) is 0 Å². The molecule has 0 aliphatic carbocycles. The van der Waals surface area contributed by atoms with Crippen LogP contribution in [-0.2, 0) is 0 Å². The molecule has 1 aromatic rings. The molecule has 0 unspecified atom stereocenters. The van der Waals surface area contributed by atoms with Crippen molar-refractivity contribution in [1.82, 2.24) is 15.5 Å².